The summed E-state index contributed by atoms with van der Waals surface area (Å²) in [5.41, 5.74) is 0.428. The highest BCUT2D eigenvalue weighted by molar-refractivity contribution is 9.10. The standard InChI is InChI=1S/C12H17BrN2O3/c1-7(2)4-9(12(17)18)14-11(16)10-5-8(13)6-15(10)3/h5-7,9H,4H2,1-3H3,(H,14,16)(H,17,18)/t9-/m0/s1. The Morgan fingerprint density at radius 2 is 2.11 bits per heavy atom. The fraction of sp³-hybridized carbons (Fsp3) is 0.500. The summed E-state index contributed by atoms with van der Waals surface area (Å²) in [6.45, 7) is 3.84. The molecule has 0 aliphatic heterocycles. The van der Waals surface area contributed by atoms with Crippen LogP contribution in [-0.2, 0) is 11.8 Å². The maximum atomic E-state index is 12.0. The molecule has 0 fully saturated rings. The van der Waals surface area contributed by atoms with E-state index in [1.807, 2.05) is 13.8 Å². The number of carbonyl (C=O) groups excluding carboxylic acids is 1. The minimum Gasteiger partial charge on any atom is -0.480 e. The first-order valence-electron chi connectivity index (χ1n) is 5.66. The molecule has 0 aliphatic rings. The maximum Gasteiger partial charge on any atom is 0.326 e. The van der Waals surface area contributed by atoms with E-state index in [-0.39, 0.29) is 11.8 Å². The van der Waals surface area contributed by atoms with Crippen molar-refractivity contribution in [1.29, 1.82) is 0 Å². The molecule has 6 heteroatoms. The number of aromatic nitrogens is 1. The lowest BCUT2D eigenvalue weighted by Crippen LogP contribution is -2.42. The molecule has 1 aromatic rings. The zero-order chi connectivity index (χ0) is 13.9. The summed E-state index contributed by atoms with van der Waals surface area (Å²) in [7, 11) is 1.73. The number of aryl methyl sites for hydroxylation is 1. The van der Waals surface area contributed by atoms with Gasteiger partial charge in [0.25, 0.3) is 5.91 Å². The number of nitrogens with zero attached hydrogens (tertiary/aromatic N) is 1. The largest absolute Gasteiger partial charge is 0.480 e. The summed E-state index contributed by atoms with van der Waals surface area (Å²) >= 11 is 3.27. The molecule has 1 rings (SSSR count). The molecule has 1 heterocycles. The predicted molar refractivity (Wildman–Crippen MR) is 71.5 cm³/mol. The van der Waals surface area contributed by atoms with Crippen molar-refractivity contribution in [2.24, 2.45) is 13.0 Å². The summed E-state index contributed by atoms with van der Waals surface area (Å²) in [5, 5.41) is 11.6. The Labute approximate surface area is 114 Å². The lowest BCUT2D eigenvalue weighted by Gasteiger charge is -2.16. The van der Waals surface area contributed by atoms with Gasteiger partial charge in [0.2, 0.25) is 0 Å². The average molecular weight is 317 g/mol. The molecule has 0 unspecified atom stereocenters. The summed E-state index contributed by atoms with van der Waals surface area (Å²) < 4.78 is 2.43. The van der Waals surface area contributed by atoms with Crippen LogP contribution >= 0.6 is 15.9 Å². The molecule has 0 radical (unpaired) electrons. The zero-order valence-corrected chi connectivity index (χ0v) is 12.2. The van der Waals surface area contributed by atoms with E-state index in [9.17, 15) is 9.59 Å². The molecule has 0 aromatic carbocycles. The van der Waals surface area contributed by atoms with Crippen molar-refractivity contribution < 1.29 is 14.7 Å². The third-order valence-electron chi connectivity index (χ3n) is 2.51. The second-order valence-corrected chi connectivity index (χ2v) is 5.56. The summed E-state index contributed by atoms with van der Waals surface area (Å²) in [4.78, 5) is 23.0. The van der Waals surface area contributed by atoms with Crippen molar-refractivity contribution in [2.75, 3.05) is 0 Å². The highest BCUT2D eigenvalue weighted by atomic mass is 79.9. The number of halogens is 1. The lowest BCUT2D eigenvalue weighted by atomic mass is 10.0. The van der Waals surface area contributed by atoms with Crippen molar-refractivity contribution in [3.63, 3.8) is 0 Å². The molecular weight excluding hydrogens is 300 g/mol. The molecule has 1 amide bonds. The van der Waals surface area contributed by atoms with Crippen molar-refractivity contribution in [3.8, 4) is 0 Å². The quantitative estimate of drug-likeness (QED) is 0.873. The summed E-state index contributed by atoms with van der Waals surface area (Å²) in [6.07, 6.45) is 2.15. The van der Waals surface area contributed by atoms with E-state index in [1.165, 1.54) is 0 Å². The van der Waals surface area contributed by atoms with Gasteiger partial charge in [-0.25, -0.2) is 4.79 Å². The smallest absolute Gasteiger partial charge is 0.326 e. The minimum atomic E-state index is -1.01. The Hall–Kier alpha value is -1.30. The first-order chi connectivity index (χ1) is 8.31. The van der Waals surface area contributed by atoms with Gasteiger partial charge in [0, 0.05) is 17.7 Å². The summed E-state index contributed by atoms with van der Waals surface area (Å²) in [6, 6.07) is 0.801. The van der Waals surface area contributed by atoms with Crippen LogP contribution < -0.4 is 5.32 Å². The number of aliphatic carboxylic acids is 1. The highest BCUT2D eigenvalue weighted by Gasteiger charge is 2.22. The van der Waals surface area contributed by atoms with Crippen LogP contribution in [-0.4, -0.2) is 27.6 Å². The van der Waals surface area contributed by atoms with Crippen molar-refractivity contribution in [2.45, 2.75) is 26.3 Å². The van der Waals surface area contributed by atoms with Gasteiger partial charge < -0.3 is 15.0 Å². The van der Waals surface area contributed by atoms with Crippen molar-refractivity contribution in [1.82, 2.24) is 9.88 Å². The van der Waals surface area contributed by atoms with Crippen LogP contribution in [0.5, 0.6) is 0 Å². The van der Waals surface area contributed by atoms with E-state index in [1.54, 1.807) is 23.9 Å². The second kappa shape index (κ2) is 6.04. The van der Waals surface area contributed by atoms with Crippen LogP contribution in [0, 0.1) is 5.92 Å². The van der Waals surface area contributed by atoms with Gasteiger partial charge >= 0.3 is 5.97 Å². The van der Waals surface area contributed by atoms with Gasteiger partial charge in [-0.1, -0.05) is 13.8 Å². The molecule has 100 valence electrons. The van der Waals surface area contributed by atoms with Crippen LogP contribution in [0.4, 0.5) is 0 Å². The van der Waals surface area contributed by atoms with E-state index in [4.69, 9.17) is 5.11 Å². The third kappa shape index (κ3) is 3.87. The topological polar surface area (TPSA) is 71.3 Å². The SMILES string of the molecule is CC(C)C[C@H](NC(=O)c1cc(Br)cn1C)C(=O)O. The zero-order valence-electron chi connectivity index (χ0n) is 10.6. The highest BCUT2D eigenvalue weighted by Crippen LogP contribution is 2.14. The van der Waals surface area contributed by atoms with Crippen molar-refractivity contribution in [3.05, 3.63) is 22.4 Å². The Kier molecular flexibility index (Phi) is 4.95. The number of carboxylic acids is 1. The molecule has 0 aliphatic carbocycles. The normalized spacial score (nSPS) is 12.5. The van der Waals surface area contributed by atoms with Gasteiger partial charge in [0.15, 0.2) is 0 Å². The minimum absolute atomic E-state index is 0.201. The van der Waals surface area contributed by atoms with Gasteiger partial charge in [-0.2, -0.15) is 0 Å². The van der Waals surface area contributed by atoms with Crippen LogP contribution in [0.3, 0.4) is 0 Å². The Balaban J connectivity index is 2.78. The van der Waals surface area contributed by atoms with Gasteiger partial charge in [-0.3, -0.25) is 4.79 Å². The maximum absolute atomic E-state index is 12.0. The fourth-order valence-corrected chi connectivity index (χ4v) is 2.20. The van der Waals surface area contributed by atoms with E-state index >= 15 is 0 Å². The molecule has 0 bridgehead atoms. The number of hydrogen-bond acceptors (Lipinski definition) is 2. The van der Waals surface area contributed by atoms with E-state index in [0.717, 1.165) is 4.47 Å². The van der Waals surface area contributed by atoms with E-state index in [2.05, 4.69) is 21.2 Å². The van der Waals surface area contributed by atoms with Crippen LogP contribution in [0.15, 0.2) is 16.7 Å². The van der Waals surface area contributed by atoms with Crippen LogP contribution in [0.25, 0.3) is 0 Å². The Morgan fingerprint density at radius 1 is 1.50 bits per heavy atom. The number of hydrogen-bond donors (Lipinski definition) is 2. The number of nitrogens with one attached hydrogen (secondary N) is 1. The summed E-state index contributed by atoms with van der Waals surface area (Å²) in [5.74, 6) is -1.19. The molecule has 1 aromatic heterocycles. The van der Waals surface area contributed by atoms with E-state index < -0.39 is 12.0 Å². The molecule has 18 heavy (non-hydrogen) atoms. The molecule has 5 nitrogen and oxygen atoms in total. The number of carboxylic acid groups (broad SMARTS) is 1. The molecular formula is C12H17BrN2O3. The van der Waals surface area contributed by atoms with Crippen LogP contribution in [0.1, 0.15) is 30.8 Å². The Bertz CT molecular complexity index is 454. The third-order valence-corrected chi connectivity index (χ3v) is 2.95. The van der Waals surface area contributed by atoms with Gasteiger partial charge in [-0.05, 0) is 34.3 Å². The molecule has 0 saturated heterocycles. The molecule has 0 spiro atoms. The molecule has 1 atom stereocenters. The Morgan fingerprint density at radius 3 is 2.50 bits per heavy atom. The van der Waals surface area contributed by atoms with Crippen molar-refractivity contribution >= 4 is 27.8 Å². The number of carbonyl (C=O) groups is 2. The first-order valence-corrected chi connectivity index (χ1v) is 6.46. The van der Waals surface area contributed by atoms with Gasteiger partial charge in [0.05, 0.1) is 0 Å². The van der Waals surface area contributed by atoms with Crippen LogP contribution in [0.2, 0.25) is 0 Å². The fourth-order valence-electron chi connectivity index (χ4n) is 1.68. The first kappa shape index (κ1) is 14.8. The van der Waals surface area contributed by atoms with Gasteiger partial charge in [-0.15, -0.1) is 0 Å². The van der Waals surface area contributed by atoms with E-state index in [0.29, 0.717) is 12.1 Å². The predicted octanol–water partition coefficient (Wildman–Crippen LogP) is 2.02. The number of rotatable bonds is 5. The number of amides is 1. The van der Waals surface area contributed by atoms with Gasteiger partial charge in [0.1, 0.15) is 11.7 Å². The molecule has 0 saturated carbocycles. The second-order valence-electron chi connectivity index (χ2n) is 4.65. The molecule has 2 N–H and O–H groups in total. The monoisotopic (exact) mass is 316 g/mol. The lowest BCUT2D eigenvalue weighted by molar-refractivity contribution is -0.139. The average Bonchev–Trinajstić information content (AvgIpc) is 2.56.